The van der Waals surface area contributed by atoms with E-state index in [1.807, 2.05) is 0 Å². The molecule has 0 spiro atoms. The molecule has 0 heterocycles. The van der Waals surface area contributed by atoms with Crippen molar-refractivity contribution in [1.82, 2.24) is 0 Å². The molecule has 0 N–H and O–H groups in total. The molecule has 0 fully saturated rings. The topological polar surface area (TPSA) is 78.7 Å². The Hall–Kier alpha value is -2.37. The van der Waals surface area contributed by atoms with Crippen molar-refractivity contribution >= 4 is 17.7 Å². The van der Waals surface area contributed by atoms with Gasteiger partial charge in [-0.2, -0.15) is 0 Å². The second kappa shape index (κ2) is 5.64. The van der Waals surface area contributed by atoms with E-state index in [2.05, 4.69) is 4.74 Å². The number of benzene rings is 1. The Morgan fingerprint density at radius 3 is 2.24 bits per heavy atom. The van der Waals surface area contributed by atoms with Gasteiger partial charge in [-0.3, -0.25) is 10.1 Å². The van der Waals surface area contributed by atoms with E-state index in [0.29, 0.717) is 5.56 Å². The molecule has 0 saturated carbocycles. The molecule has 0 amide bonds. The molecule has 0 aromatic heterocycles. The maximum absolute atomic E-state index is 11.2. The summed E-state index contributed by atoms with van der Waals surface area (Å²) in [5.41, 5.74) is 0.594. The van der Waals surface area contributed by atoms with Crippen LogP contribution in [0, 0.1) is 10.1 Å². The van der Waals surface area contributed by atoms with Crippen LogP contribution in [0.15, 0.2) is 30.0 Å². The van der Waals surface area contributed by atoms with Crippen molar-refractivity contribution in [2.24, 2.45) is 0 Å². The average Bonchev–Trinajstić information content (AvgIpc) is 2.35. The maximum atomic E-state index is 11.2. The fourth-order valence-electron chi connectivity index (χ4n) is 1.15. The second-order valence-electron chi connectivity index (χ2n) is 3.05. The number of hydrogen-bond donors (Lipinski definition) is 0. The number of ether oxygens (including phenoxy) is 2. The van der Waals surface area contributed by atoms with Gasteiger partial charge in [0.15, 0.2) is 0 Å². The van der Waals surface area contributed by atoms with E-state index in [-0.39, 0.29) is 11.4 Å². The number of esters is 1. The first-order chi connectivity index (χ1) is 8.08. The number of hydrogen-bond acceptors (Lipinski definition) is 5. The Morgan fingerprint density at radius 1 is 1.24 bits per heavy atom. The predicted molar refractivity (Wildman–Crippen MR) is 60.1 cm³/mol. The van der Waals surface area contributed by atoms with E-state index in [1.165, 1.54) is 44.6 Å². The smallest absolute Gasteiger partial charge is 0.373 e. The lowest BCUT2D eigenvalue weighted by Crippen LogP contribution is -2.06. The van der Waals surface area contributed by atoms with Crippen LogP contribution in [0.5, 0.6) is 0 Å². The standard InChI is InChI=1S/C11H11NO5/c1-16-10(11(13)17-2)7-8-3-5-9(6-4-8)12(14)15/h3-7H,1-2H3/b10-7+. The van der Waals surface area contributed by atoms with Crippen LogP contribution in [0.25, 0.3) is 6.08 Å². The van der Waals surface area contributed by atoms with Crippen LogP contribution < -0.4 is 0 Å². The van der Waals surface area contributed by atoms with Gasteiger partial charge in [0.1, 0.15) is 0 Å². The van der Waals surface area contributed by atoms with E-state index in [4.69, 9.17) is 4.74 Å². The first-order valence-electron chi connectivity index (χ1n) is 4.67. The van der Waals surface area contributed by atoms with Crippen LogP contribution >= 0.6 is 0 Å². The lowest BCUT2D eigenvalue weighted by atomic mass is 10.2. The summed E-state index contributed by atoms with van der Waals surface area (Å²) in [6.07, 6.45) is 1.44. The summed E-state index contributed by atoms with van der Waals surface area (Å²) in [6.45, 7) is 0. The molecular weight excluding hydrogens is 226 g/mol. The Balaban J connectivity index is 2.97. The minimum atomic E-state index is -0.606. The van der Waals surface area contributed by atoms with E-state index >= 15 is 0 Å². The fourth-order valence-corrected chi connectivity index (χ4v) is 1.15. The van der Waals surface area contributed by atoms with Crippen LogP contribution in [0.2, 0.25) is 0 Å². The van der Waals surface area contributed by atoms with E-state index < -0.39 is 10.9 Å². The molecule has 6 nitrogen and oxygen atoms in total. The summed E-state index contributed by atoms with van der Waals surface area (Å²) in [5.74, 6) is -0.577. The number of nitro benzene ring substituents is 1. The molecular formula is C11H11NO5. The quantitative estimate of drug-likeness (QED) is 0.262. The highest BCUT2D eigenvalue weighted by Crippen LogP contribution is 2.14. The molecule has 17 heavy (non-hydrogen) atoms. The van der Waals surface area contributed by atoms with Gasteiger partial charge in [0.25, 0.3) is 5.69 Å². The molecule has 0 aliphatic heterocycles. The van der Waals surface area contributed by atoms with Gasteiger partial charge in [-0.15, -0.1) is 0 Å². The van der Waals surface area contributed by atoms with Crippen LogP contribution in [-0.2, 0) is 14.3 Å². The SMILES string of the molecule is COC(=O)/C(=C\c1ccc([N+](=O)[O-])cc1)OC. The molecule has 1 aromatic rings. The van der Waals surface area contributed by atoms with Crippen molar-refractivity contribution in [2.75, 3.05) is 14.2 Å². The number of nitrogens with zero attached hydrogens (tertiary/aromatic N) is 1. The Morgan fingerprint density at radius 2 is 1.82 bits per heavy atom. The molecule has 6 heteroatoms. The fraction of sp³-hybridized carbons (Fsp3) is 0.182. The normalized spacial score (nSPS) is 10.8. The summed E-state index contributed by atoms with van der Waals surface area (Å²) in [5, 5.41) is 10.4. The molecule has 0 atom stereocenters. The molecule has 90 valence electrons. The average molecular weight is 237 g/mol. The van der Waals surface area contributed by atoms with Gasteiger partial charge in [0.05, 0.1) is 19.1 Å². The summed E-state index contributed by atoms with van der Waals surface area (Å²) < 4.78 is 9.33. The first-order valence-corrected chi connectivity index (χ1v) is 4.67. The van der Waals surface area contributed by atoms with Crippen LogP contribution in [0.1, 0.15) is 5.56 Å². The third-order valence-electron chi connectivity index (χ3n) is 2.01. The first kappa shape index (κ1) is 12.7. The predicted octanol–water partition coefficient (Wildman–Crippen LogP) is 1.76. The number of non-ortho nitro benzene ring substituents is 1. The Labute approximate surface area is 97.6 Å². The molecule has 0 bridgehead atoms. The van der Waals surface area contributed by atoms with Crippen molar-refractivity contribution in [2.45, 2.75) is 0 Å². The van der Waals surface area contributed by atoms with Crippen molar-refractivity contribution in [3.8, 4) is 0 Å². The molecule has 0 saturated heterocycles. The molecule has 0 aliphatic carbocycles. The number of nitro groups is 1. The highest BCUT2D eigenvalue weighted by molar-refractivity contribution is 5.91. The summed E-state index contributed by atoms with van der Waals surface area (Å²) in [4.78, 5) is 21.1. The van der Waals surface area contributed by atoms with Gasteiger partial charge < -0.3 is 9.47 Å². The molecule has 1 rings (SSSR count). The zero-order chi connectivity index (χ0) is 12.8. The summed E-state index contributed by atoms with van der Waals surface area (Å²) >= 11 is 0. The number of carbonyl (C=O) groups is 1. The molecule has 0 aliphatic rings. The van der Waals surface area contributed by atoms with E-state index in [9.17, 15) is 14.9 Å². The molecule has 0 radical (unpaired) electrons. The van der Waals surface area contributed by atoms with E-state index in [1.54, 1.807) is 0 Å². The number of methoxy groups -OCH3 is 2. The lowest BCUT2D eigenvalue weighted by molar-refractivity contribution is -0.384. The lowest BCUT2D eigenvalue weighted by Gasteiger charge is -2.03. The third-order valence-corrected chi connectivity index (χ3v) is 2.01. The van der Waals surface area contributed by atoms with Gasteiger partial charge in [-0.1, -0.05) is 0 Å². The number of carbonyl (C=O) groups excluding carboxylic acids is 1. The van der Waals surface area contributed by atoms with Gasteiger partial charge in [0.2, 0.25) is 5.76 Å². The largest absolute Gasteiger partial charge is 0.490 e. The third kappa shape index (κ3) is 3.30. The van der Waals surface area contributed by atoms with Crippen LogP contribution in [-0.4, -0.2) is 25.1 Å². The zero-order valence-corrected chi connectivity index (χ0v) is 9.38. The number of rotatable bonds is 4. The van der Waals surface area contributed by atoms with E-state index in [0.717, 1.165) is 0 Å². The summed E-state index contributed by atoms with van der Waals surface area (Å²) in [7, 11) is 2.58. The minimum absolute atomic E-state index is 0.0146. The second-order valence-corrected chi connectivity index (χ2v) is 3.05. The van der Waals surface area contributed by atoms with Crippen molar-refractivity contribution in [1.29, 1.82) is 0 Å². The Bertz CT molecular complexity index is 449. The highest BCUT2D eigenvalue weighted by Gasteiger charge is 2.10. The Kier molecular flexibility index (Phi) is 4.21. The molecule has 1 aromatic carbocycles. The van der Waals surface area contributed by atoms with Crippen LogP contribution in [0.3, 0.4) is 0 Å². The van der Waals surface area contributed by atoms with Gasteiger partial charge in [-0.05, 0) is 23.8 Å². The van der Waals surface area contributed by atoms with Crippen molar-refractivity contribution < 1.29 is 19.2 Å². The van der Waals surface area contributed by atoms with Gasteiger partial charge in [0, 0.05) is 12.1 Å². The van der Waals surface area contributed by atoms with Gasteiger partial charge >= 0.3 is 5.97 Å². The maximum Gasteiger partial charge on any atom is 0.373 e. The monoisotopic (exact) mass is 237 g/mol. The minimum Gasteiger partial charge on any atom is -0.490 e. The highest BCUT2D eigenvalue weighted by atomic mass is 16.6. The summed E-state index contributed by atoms with van der Waals surface area (Å²) in [6, 6.07) is 5.72. The van der Waals surface area contributed by atoms with Crippen LogP contribution in [0.4, 0.5) is 5.69 Å². The van der Waals surface area contributed by atoms with Gasteiger partial charge in [-0.25, -0.2) is 4.79 Å². The zero-order valence-electron chi connectivity index (χ0n) is 9.38. The molecule has 0 unspecified atom stereocenters. The van der Waals surface area contributed by atoms with Crippen molar-refractivity contribution in [3.63, 3.8) is 0 Å². The van der Waals surface area contributed by atoms with Crippen molar-refractivity contribution in [3.05, 3.63) is 45.7 Å².